The molecule has 0 spiro atoms. The number of hydrogen-bond donors (Lipinski definition) is 1. The summed E-state index contributed by atoms with van der Waals surface area (Å²) in [6.07, 6.45) is 1.27. The van der Waals surface area contributed by atoms with Gasteiger partial charge < -0.3 is 14.6 Å². The fourth-order valence-corrected chi connectivity index (χ4v) is 1.93. The maximum absolute atomic E-state index is 11.2. The van der Waals surface area contributed by atoms with Crippen LogP contribution < -0.4 is 4.74 Å². The largest absolute Gasteiger partial charge is 0.495 e. The SMILES string of the molecule is COC(=C(C)C(=O)O)c1ccccc1Oc1cc(Cl)ncn1. The highest BCUT2D eigenvalue weighted by atomic mass is 35.5. The molecule has 0 aliphatic rings. The van der Waals surface area contributed by atoms with E-state index in [2.05, 4.69) is 9.97 Å². The molecular weight excluding hydrogens is 308 g/mol. The number of carboxylic acid groups (broad SMARTS) is 1. The van der Waals surface area contributed by atoms with Crippen LogP contribution in [0.3, 0.4) is 0 Å². The van der Waals surface area contributed by atoms with Crippen molar-refractivity contribution in [1.82, 2.24) is 9.97 Å². The second-order valence-corrected chi connectivity index (χ2v) is 4.63. The third-order valence-corrected chi connectivity index (χ3v) is 3.03. The molecule has 22 heavy (non-hydrogen) atoms. The highest BCUT2D eigenvalue weighted by Gasteiger charge is 2.17. The number of rotatable bonds is 5. The summed E-state index contributed by atoms with van der Waals surface area (Å²) >= 11 is 5.79. The Kier molecular flexibility index (Phi) is 4.95. The Morgan fingerprint density at radius 1 is 1.27 bits per heavy atom. The molecule has 0 aliphatic carbocycles. The van der Waals surface area contributed by atoms with Gasteiger partial charge >= 0.3 is 5.97 Å². The Labute approximate surface area is 132 Å². The molecule has 2 aromatic rings. The van der Waals surface area contributed by atoms with Gasteiger partial charge in [-0.25, -0.2) is 14.8 Å². The quantitative estimate of drug-likeness (QED) is 0.516. The zero-order valence-electron chi connectivity index (χ0n) is 11.9. The molecule has 0 unspecified atom stereocenters. The van der Waals surface area contributed by atoms with Gasteiger partial charge in [0.05, 0.1) is 18.2 Å². The van der Waals surface area contributed by atoms with Crippen LogP contribution in [0.1, 0.15) is 12.5 Å². The highest BCUT2D eigenvalue weighted by Crippen LogP contribution is 2.31. The van der Waals surface area contributed by atoms with Crippen LogP contribution in [0.5, 0.6) is 11.6 Å². The molecule has 0 bridgehead atoms. The highest BCUT2D eigenvalue weighted by molar-refractivity contribution is 6.29. The van der Waals surface area contributed by atoms with E-state index in [0.29, 0.717) is 11.3 Å². The van der Waals surface area contributed by atoms with E-state index < -0.39 is 5.97 Å². The van der Waals surface area contributed by atoms with Gasteiger partial charge in [0.2, 0.25) is 5.88 Å². The summed E-state index contributed by atoms with van der Waals surface area (Å²) in [7, 11) is 1.40. The summed E-state index contributed by atoms with van der Waals surface area (Å²) in [5.74, 6) is -0.217. The summed E-state index contributed by atoms with van der Waals surface area (Å²) < 4.78 is 10.9. The molecule has 0 amide bonds. The van der Waals surface area contributed by atoms with E-state index in [1.54, 1.807) is 24.3 Å². The van der Waals surface area contributed by atoms with Crippen molar-refractivity contribution in [3.8, 4) is 11.6 Å². The van der Waals surface area contributed by atoms with Crippen molar-refractivity contribution in [3.63, 3.8) is 0 Å². The van der Waals surface area contributed by atoms with Gasteiger partial charge in [-0.3, -0.25) is 0 Å². The Morgan fingerprint density at radius 3 is 2.64 bits per heavy atom. The minimum Gasteiger partial charge on any atom is -0.495 e. The molecule has 114 valence electrons. The number of benzene rings is 1. The van der Waals surface area contributed by atoms with Crippen LogP contribution in [0.15, 0.2) is 42.2 Å². The van der Waals surface area contributed by atoms with Crippen LogP contribution in [0.25, 0.3) is 5.76 Å². The molecule has 0 saturated heterocycles. The molecule has 0 fully saturated rings. The lowest BCUT2D eigenvalue weighted by molar-refractivity contribution is -0.132. The second-order valence-electron chi connectivity index (χ2n) is 4.24. The van der Waals surface area contributed by atoms with Gasteiger partial charge in [0.15, 0.2) is 0 Å². The first-order valence-electron chi connectivity index (χ1n) is 6.26. The number of halogens is 1. The number of methoxy groups -OCH3 is 1. The fraction of sp³-hybridized carbons (Fsp3) is 0.133. The molecule has 0 aliphatic heterocycles. The number of carbonyl (C=O) groups is 1. The van der Waals surface area contributed by atoms with Crippen molar-refractivity contribution in [2.75, 3.05) is 7.11 Å². The first kappa shape index (κ1) is 15.8. The van der Waals surface area contributed by atoms with Crippen molar-refractivity contribution in [2.45, 2.75) is 6.92 Å². The Hall–Kier alpha value is -2.60. The molecule has 1 aromatic carbocycles. The fourth-order valence-electron chi connectivity index (χ4n) is 1.79. The maximum atomic E-state index is 11.2. The van der Waals surface area contributed by atoms with Crippen molar-refractivity contribution < 1.29 is 19.4 Å². The van der Waals surface area contributed by atoms with E-state index >= 15 is 0 Å². The van der Waals surface area contributed by atoms with E-state index in [1.165, 1.54) is 26.4 Å². The van der Waals surface area contributed by atoms with Crippen LogP contribution >= 0.6 is 11.6 Å². The standard InChI is InChI=1S/C15H13ClN2O4/c1-9(15(19)20)14(21-2)10-5-3-4-6-11(10)22-13-7-12(16)17-8-18-13/h3-8H,1-2H3,(H,19,20). The van der Waals surface area contributed by atoms with Gasteiger partial charge in [0, 0.05) is 6.07 Å². The van der Waals surface area contributed by atoms with Gasteiger partial charge in [0.1, 0.15) is 23.0 Å². The minimum atomic E-state index is -1.07. The van der Waals surface area contributed by atoms with E-state index in [1.807, 2.05) is 0 Å². The first-order chi connectivity index (χ1) is 10.5. The number of aliphatic carboxylic acids is 1. The normalized spacial score (nSPS) is 11.6. The number of ether oxygens (including phenoxy) is 2. The lowest BCUT2D eigenvalue weighted by atomic mass is 10.1. The van der Waals surface area contributed by atoms with Crippen LogP contribution in [-0.2, 0) is 9.53 Å². The van der Waals surface area contributed by atoms with E-state index in [9.17, 15) is 4.79 Å². The maximum Gasteiger partial charge on any atom is 0.335 e. The van der Waals surface area contributed by atoms with E-state index in [4.69, 9.17) is 26.2 Å². The summed E-state index contributed by atoms with van der Waals surface area (Å²) in [6, 6.07) is 8.34. The topological polar surface area (TPSA) is 81.5 Å². The summed E-state index contributed by atoms with van der Waals surface area (Å²) in [5, 5.41) is 9.39. The van der Waals surface area contributed by atoms with Crippen molar-refractivity contribution in [3.05, 3.63) is 52.9 Å². The first-order valence-corrected chi connectivity index (χ1v) is 6.63. The average molecular weight is 321 g/mol. The molecular formula is C15H13ClN2O4. The van der Waals surface area contributed by atoms with Gasteiger partial charge in [-0.1, -0.05) is 23.7 Å². The van der Waals surface area contributed by atoms with Gasteiger partial charge in [-0.2, -0.15) is 0 Å². The van der Waals surface area contributed by atoms with Crippen LogP contribution in [-0.4, -0.2) is 28.2 Å². The zero-order chi connectivity index (χ0) is 16.1. The van der Waals surface area contributed by atoms with E-state index in [0.717, 1.165) is 0 Å². The van der Waals surface area contributed by atoms with Gasteiger partial charge in [-0.15, -0.1) is 0 Å². The Balaban J connectivity index is 2.47. The van der Waals surface area contributed by atoms with Crippen LogP contribution in [0, 0.1) is 0 Å². The second kappa shape index (κ2) is 6.91. The van der Waals surface area contributed by atoms with Gasteiger partial charge in [0.25, 0.3) is 0 Å². The monoisotopic (exact) mass is 320 g/mol. The van der Waals surface area contributed by atoms with Crippen LogP contribution in [0.2, 0.25) is 5.15 Å². The predicted octanol–water partition coefficient (Wildman–Crippen LogP) is 3.38. The molecule has 6 nitrogen and oxygen atoms in total. The number of carboxylic acids is 1. The van der Waals surface area contributed by atoms with E-state index in [-0.39, 0.29) is 22.4 Å². The van der Waals surface area contributed by atoms with Crippen molar-refractivity contribution in [1.29, 1.82) is 0 Å². The number of nitrogens with zero attached hydrogens (tertiary/aromatic N) is 2. The summed E-state index contributed by atoms with van der Waals surface area (Å²) in [4.78, 5) is 18.9. The van der Waals surface area contributed by atoms with Crippen molar-refractivity contribution >= 4 is 23.3 Å². The number of aromatic nitrogens is 2. The molecule has 0 radical (unpaired) electrons. The molecule has 1 aromatic heterocycles. The summed E-state index contributed by atoms with van der Waals surface area (Å²) in [6.45, 7) is 1.46. The smallest absolute Gasteiger partial charge is 0.335 e. The zero-order valence-corrected chi connectivity index (χ0v) is 12.7. The lowest BCUT2D eigenvalue weighted by Crippen LogP contribution is -2.03. The van der Waals surface area contributed by atoms with Gasteiger partial charge in [-0.05, 0) is 19.1 Å². The Morgan fingerprint density at radius 2 is 2.00 bits per heavy atom. The molecule has 2 rings (SSSR count). The molecule has 0 atom stereocenters. The predicted molar refractivity (Wildman–Crippen MR) is 80.8 cm³/mol. The lowest BCUT2D eigenvalue weighted by Gasteiger charge is -2.13. The average Bonchev–Trinajstić information content (AvgIpc) is 2.49. The number of para-hydroxylation sites is 1. The molecule has 1 N–H and O–H groups in total. The number of hydrogen-bond acceptors (Lipinski definition) is 5. The summed E-state index contributed by atoms with van der Waals surface area (Å²) in [5.41, 5.74) is 0.568. The third kappa shape index (κ3) is 3.53. The molecule has 7 heteroatoms. The minimum absolute atomic E-state index is 0.0688. The third-order valence-electron chi connectivity index (χ3n) is 2.82. The van der Waals surface area contributed by atoms with Crippen LogP contribution in [0.4, 0.5) is 0 Å². The molecule has 0 saturated carbocycles. The van der Waals surface area contributed by atoms with Crippen molar-refractivity contribution in [2.24, 2.45) is 0 Å². The molecule has 1 heterocycles. The Bertz CT molecular complexity index is 731.